The number of nitro benzene ring substituents is 1. The van der Waals surface area contributed by atoms with Crippen LogP contribution < -0.4 is 10.1 Å². The average molecular weight is 433 g/mol. The van der Waals surface area contributed by atoms with E-state index in [1.165, 1.54) is 37.1 Å². The largest absolute Gasteiger partial charge is 0.496 e. The van der Waals surface area contributed by atoms with E-state index in [9.17, 15) is 19.7 Å². The molecule has 2 aromatic carbocycles. The number of nitrogens with zero attached hydrogens (tertiary/aromatic N) is 2. The molecule has 9 nitrogen and oxygen atoms in total. The van der Waals surface area contributed by atoms with Gasteiger partial charge < -0.3 is 9.47 Å². The highest BCUT2D eigenvalue weighted by molar-refractivity contribution is 7.98. The van der Waals surface area contributed by atoms with Gasteiger partial charge in [-0.3, -0.25) is 20.2 Å². The van der Waals surface area contributed by atoms with Crippen LogP contribution in [0, 0.1) is 10.1 Å². The van der Waals surface area contributed by atoms with E-state index in [1.54, 1.807) is 18.2 Å². The summed E-state index contributed by atoms with van der Waals surface area (Å²) in [7, 11) is 1.44. The maximum atomic E-state index is 12.3. The van der Waals surface area contributed by atoms with Crippen LogP contribution in [-0.4, -0.2) is 41.8 Å². The number of ether oxygens (including phenoxy) is 2. The van der Waals surface area contributed by atoms with E-state index in [4.69, 9.17) is 9.47 Å². The molecule has 3 aromatic rings. The van der Waals surface area contributed by atoms with Crippen molar-refractivity contribution in [1.82, 2.24) is 4.98 Å². The Morgan fingerprint density at radius 2 is 2.07 bits per heavy atom. The fraction of sp³-hybridized carbons (Fsp3) is 0.167. The zero-order chi connectivity index (χ0) is 21.0. The van der Waals surface area contributed by atoms with Crippen molar-refractivity contribution in [2.45, 2.75) is 4.90 Å². The van der Waals surface area contributed by atoms with E-state index in [1.807, 2.05) is 6.26 Å². The summed E-state index contributed by atoms with van der Waals surface area (Å²) < 4.78 is 10.8. The first-order valence-electron chi connectivity index (χ1n) is 8.15. The molecule has 0 fully saturated rings. The topological polar surface area (TPSA) is 121 Å². The van der Waals surface area contributed by atoms with Gasteiger partial charge in [0.05, 0.1) is 22.2 Å². The number of non-ortho nitro benzene ring substituents is 1. The molecule has 1 N–H and O–H groups in total. The summed E-state index contributed by atoms with van der Waals surface area (Å²) in [5.74, 6) is -0.911. The van der Waals surface area contributed by atoms with Gasteiger partial charge in [0.2, 0.25) is 0 Å². The van der Waals surface area contributed by atoms with Gasteiger partial charge in [-0.2, -0.15) is 0 Å². The zero-order valence-electron chi connectivity index (χ0n) is 15.3. The van der Waals surface area contributed by atoms with Crippen LogP contribution in [0.5, 0.6) is 5.75 Å². The third-order valence-electron chi connectivity index (χ3n) is 3.79. The highest BCUT2D eigenvalue weighted by Gasteiger charge is 2.17. The van der Waals surface area contributed by atoms with Crippen molar-refractivity contribution in [2.24, 2.45) is 0 Å². The second-order valence-electron chi connectivity index (χ2n) is 5.62. The molecule has 3 rings (SSSR count). The molecule has 0 atom stereocenters. The summed E-state index contributed by atoms with van der Waals surface area (Å²) in [6.07, 6.45) is 1.90. The van der Waals surface area contributed by atoms with Crippen LogP contribution in [0.2, 0.25) is 0 Å². The molecule has 0 aliphatic carbocycles. The van der Waals surface area contributed by atoms with Crippen LogP contribution in [0.4, 0.5) is 10.8 Å². The van der Waals surface area contributed by atoms with Crippen molar-refractivity contribution in [2.75, 3.05) is 25.3 Å². The van der Waals surface area contributed by atoms with Crippen LogP contribution in [0.15, 0.2) is 41.3 Å². The number of aromatic nitrogens is 1. The van der Waals surface area contributed by atoms with Crippen LogP contribution in [0.1, 0.15) is 10.4 Å². The molecule has 0 spiro atoms. The van der Waals surface area contributed by atoms with Crippen molar-refractivity contribution < 1.29 is 24.0 Å². The molecule has 29 heavy (non-hydrogen) atoms. The van der Waals surface area contributed by atoms with E-state index in [0.717, 1.165) is 16.2 Å². The van der Waals surface area contributed by atoms with E-state index >= 15 is 0 Å². The number of esters is 1. The number of methoxy groups -OCH3 is 1. The van der Waals surface area contributed by atoms with Crippen molar-refractivity contribution in [1.29, 1.82) is 0 Å². The van der Waals surface area contributed by atoms with E-state index < -0.39 is 23.4 Å². The average Bonchev–Trinajstić information content (AvgIpc) is 3.12. The Kier molecular flexibility index (Phi) is 6.29. The number of nitrogens with one attached hydrogen (secondary N) is 1. The van der Waals surface area contributed by atoms with Gasteiger partial charge in [0.1, 0.15) is 11.3 Å². The number of fused-ring (bicyclic) bond motifs is 1. The minimum atomic E-state index is -0.690. The molecule has 1 aromatic heterocycles. The van der Waals surface area contributed by atoms with Gasteiger partial charge in [0, 0.05) is 17.0 Å². The van der Waals surface area contributed by atoms with Gasteiger partial charge in [-0.25, -0.2) is 9.78 Å². The number of nitro groups is 1. The van der Waals surface area contributed by atoms with Gasteiger partial charge in [-0.05, 0) is 30.5 Å². The molecule has 0 saturated heterocycles. The lowest BCUT2D eigenvalue weighted by molar-refractivity contribution is -0.384. The van der Waals surface area contributed by atoms with Crippen molar-refractivity contribution in [3.8, 4) is 5.75 Å². The number of hydrogen-bond donors (Lipinski definition) is 1. The van der Waals surface area contributed by atoms with Crippen LogP contribution in [0.3, 0.4) is 0 Å². The lowest BCUT2D eigenvalue weighted by Crippen LogP contribution is -2.21. The number of thiazole rings is 1. The smallest absolute Gasteiger partial charge is 0.342 e. The quantitative estimate of drug-likeness (QED) is 0.259. The number of thioether (sulfide) groups is 1. The Morgan fingerprint density at radius 3 is 2.76 bits per heavy atom. The molecular weight excluding hydrogens is 418 g/mol. The van der Waals surface area contributed by atoms with Gasteiger partial charge in [0.25, 0.3) is 11.6 Å². The first-order chi connectivity index (χ1) is 13.9. The highest BCUT2D eigenvalue weighted by Crippen LogP contribution is 2.29. The number of rotatable bonds is 7. The Balaban J connectivity index is 1.63. The number of benzene rings is 2. The lowest BCUT2D eigenvalue weighted by Gasteiger charge is -2.09. The van der Waals surface area contributed by atoms with Crippen LogP contribution >= 0.6 is 23.1 Å². The molecule has 1 amide bonds. The van der Waals surface area contributed by atoms with Crippen molar-refractivity contribution in [3.05, 3.63) is 52.1 Å². The van der Waals surface area contributed by atoms with E-state index in [0.29, 0.717) is 16.0 Å². The molecule has 150 valence electrons. The number of anilines is 1. The molecule has 0 aliphatic heterocycles. The molecule has 11 heteroatoms. The Labute approximate surface area is 173 Å². The molecule has 1 heterocycles. The van der Waals surface area contributed by atoms with Gasteiger partial charge in [0.15, 0.2) is 11.7 Å². The summed E-state index contributed by atoms with van der Waals surface area (Å²) in [6, 6.07) is 9.26. The minimum Gasteiger partial charge on any atom is -0.496 e. The number of carbonyl (C=O) groups is 2. The predicted molar refractivity (Wildman–Crippen MR) is 110 cm³/mol. The van der Waals surface area contributed by atoms with Crippen LogP contribution in [-0.2, 0) is 9.53 Å². The van der Waals surface area contributed by atoms with Crippen molar-refractivity contribution >= 4 is 56.0 Å². The van der Waals surface area contributed by atoms with E-state index in [2.05, 4.69) is 10.3 Å². The molecule has 0 bridgehead atoms. The monoisotopic (exact) mass is 433 g/mol. The maximum absolute atomic E-state index is 12.3. The Hall–Kier alpha value is -3.18. The first-order valence-corrected chi connectivity index (χ1v) is 10.2. The third kappa shape index (κ3) is 4.81. The Bertz CT molecular complexity index is 1100. The lowest BCUT2D eigenvalue weighted by atomic mass is 10.2. The second kappa shape index (κ2) is 8.88. The summed E-state index contributed by atoms with van der Waals surface area (Å²) in [5, 5.41) is 13.6. The highest BCUT2D eigenvalue weighted by atomic mass is 32.2. The summed E-state index contributed by atoms with van der Waals surface area (Å²) in [5.41, 5.74) is 0.673. The van der Waals surface area contributed by atoms with Crippen LogP contribution in [0.25, 0.3) is 10.2 Å². The summed E-state index contributed by atoms with van der Waals surface area (Å²) in [6.45, 7) is -0.512. The number of hydrogen-bond acceptors (Lipinski definition) is 9. The third-order valence-corrected chi connectivity index (χ3v) is 5.45. The molecule has 0 unspecified atom stereocenters. The zero-order valence-corrected chi connectivity index (χ0v) is 17.0. The van der Waals surface area contributed by atoms with E-state index in [-0.39, 0.29) is 16.4 Å². The maximum Gasteiger partial charge on any atom is 0.342 e. The standard InChI is InChI=1S/C18H15N3O6S2/c1-26-14-8-11(28-2)4-5-12(14)17(23)27-9-16(22)20-18-19-13-6-3-10(21(24)25)7-15(13)29-18/h3-8H,9H2,1-2H3,(H,19,20,22). The predicted octanol–water partition coefficient (Wildman–Crippen LogP) is 3.73. The minimum absolute atomic E-state index is 0.0607. The molecule has 0 aliphatic rings. The Morgan fingerprint density at radius 1 is 1.28 bits per heavy atom. The fourth-order valence-corrected chi connectivity index (χ4v) is 3.76. The number of carbonyl (C=O) groups excluding carboxylic acids is 2. The first kappa shape index (κ1) is 20.6. The number of amides is 1. The normalized spacial score (nSPS) is 10.6. The van der Waals surface area contributed by atoms with Gasteiger partial charge in [-0.1, -0.05) is 11.3 Å². The van der Waals surface area contributed by atoms with Gasteiger partial charge in [-0.15, -0.1) is 11.8 Å². The second-order valence-corrected chi connectivity index (χ2v) is 7.53. The fourth-order valence-electron chi connectivity index (χ4n) is 2.41. The molecule has 0 radical (unpaired) electrons. The van der Waals surface area contributed by atoms with Gasteiger partial charge >= 0.3 is 5.97 Å². The molecule has 0 saturated carbocycles. The summed E-state index contributed by atoms with van der Waals surface area (Å²) >= 11 is 2.59. The SMILES string of the molecule is COc1cc(SC)ccc1C(=O)OCC(=O)Nc1nc2ccc([N+](=O)[O-])cc2s1. The summed E-state index contributed by atoms with van der Waals surface area (Å²) in [4.78, 5) is 39.8. The molecular formula is C18H15N3O6S2. The van der Waals surface area contributed by atoms with Crippen molar-refractivity contribution in [3.63, 3.8) is 0 Å².